The van der Waals surface area contributed by atoms with Gasteiger partial charge < -0.3 is 0 Å². The van der Waals surface area contributed by atoms with E-state index < -0.39 is 30.7 Å². The molecular weight excluding hydrogens is 463 g/mol. The quantitative estimate of drug-likeness (QED) is 0.281. The van der Waals surface area contributed by atoms with Crippen LogP contribution in [0.1, 0.15) is 0 Å². The molecule has 0 rings (SSSR count). The van der Waals surface area contributed by atoms with Crippen molar-refractivity contribution >= 4 is 0 Å². The molecule has 0 saturated heterocycles. The average Bonchev–Trinajstić information content (AvgIpc) is 1.41. The van der Waals surface area contributed by atoms with E-state index in [1.165, 1.54) is 0 Å². The molecule has 12 nitrogen and oxygen atoms in total. The first kappa shape index (κ1) is 26.3. The molecule has 0 unspecified atom stereocenters. The zero-order valence-electron chi connectivity index (χ0n) is 6.45. The molecular formula is H3Cl3HoO12. The Kier molecular flexibility index (Phi) is 17.3. The molecule has 0 aliphatic heterocycles. The molecule has 0 aliphatic rings. The fraction of sp³-hybridized carbons (Fsp3) is 0. The zero-order valence-corrected chi connectivity index (χ0v) is 10.7. The number of hydrogen-bond acceptors (Lipinski definition) is 12. The Morgan fingerprint density at radius 3 is 0.438 bits per heavy atom. The van der Waals surface area contributed by atoms with E-state index >= 15 is 0 Å². The molecule has 0 aromatic carbocycles. The van der Waals surface area contributed by atoms with E-state index in [1.54, 1.807) is 0 Å². The number of hydrogen-bond donors (Lipinski definition) is 3. The van der Waals surface area contributed by atoms with Gasteiger partial charge in [-0.2, -0.15) is 41.9 Å². The summed E-state index contributed by atoms with van der Waals surface area (Å²) in [5.41, 5.74) is 0. The molecule has 0 atom stereocenters. The summed E-state index contributed by atoms with van der Waals surface area (Å²) < 4.78 is 98.2. The van der Waals surface area contributed by atoms with Gasteiger partial charge in [-0.3, -0.25) is 0 Å². The van der Waals surface area contributed by atoms with Crippen LogP contribution in [0.4, 0.5) is 0 Å². The van der Waals surface area contributed by atoms with Crippen LogP contribution >= 0.6 is 0 Å². The zero-order chi connectivity index (χ0) is 13.5. The van der Waals surface area contributed by atoms with Crippen molar-refractivity contribution in [2.75, 3.05) is 0 Å². The molecule has 16 heteroatoms. The van der Waals surface area contributed by atoms with E-state index in [-0.39, 0.29) is 37.7 Å². The maximum atomic E-state index is 8.60. The second-order valence-electron chi connectivity index (χ2n) is 1.19. The van der Waals surface area contributed by atoms with Crippen LogP contribution in [-0.4, -0.2) is 14.0 Å². The molecule has 0 bridgehead atoms. The van der Waals surface area contributed by atoms with Crippen LogP contribution in [0.2, 0.25) is 0 Å². The molecule has 0 aromatic heterocycles. The molecule has 16 heavy (non-hydrogen) atoms. The number of rotatable bonds is 0. The molecule has 0 aliphatic carbocycles. The van der Waals surface area contributed by atoms with Crippen molar-refractivity contribution in [1.82, 2.24) is 0 Å². The first-order chi connectivity index (χ1) is 6.00. The smallest absolute Gasteiger partial charge is 0.0777 e. The monoisotopic (exact) mass is 465 g/mol. The summed E-state index contributed by atoms with van der Waals surface area (Å²) in [6.45, 7) is 0. The largest absolute Gasteiger partial charge is 0.183 e. The van der Waals surface area contributed by atoms with E-state index in [0.29, 0.717) is 0 Å². The fourth-order valence-electron chi connectivity index (χ4n) is 0. The first-order valence-corrected chi connectivity index (χ1v) is 5.69. The van der Waals surface area contributed by atoms with Gasteiger partial charge in [0, 0.05) is 37.7 Å². The van der Waals surface area contributed by atoms with Gasteiger partial charge in [0.1, 0.15) is 0 Å². The van der Waals surface area contributed by atoms with Gasteiger partial charge >= 0.3 is 0 Å². The molecule has 0 fully saturated rings. The third kappa shape index (κ3) is 1230. The minimum absolute atomic E-state index is 0. The van der Waals surface area contributed by atoms with Gasteiger partial charge in [-0.15, -0.1) is 0 Å². The molecule has 0 saturated carbocycles. The van der Waals surface area contributed by atoms with E-state index in [4.69, 9.17) is 55.9 Å². The van der Waals surface area contributed by atoms with Gasteiger partial charge in [0.2, 0.25) is 0 Å². The summed E-state index contributed by atoms with van der Waals surface area (Å²) in [6.07, 6.45) is 0. The Morgan fingerprint density at radius 1 is 0.438 bits per heavy atom. The van der Waals surface area contributed by atoms with Crippen LogP contribution in [-0.2, 0) is 0 Å². The van der Waals surface area contributed by atoms with Crippen LogP contribution in [0.3, 0.4) is 0 Å². The second kappa shape index (κ2) is 10.6. The normalized spacial score (nSPS) is 11.2. The topological polar surface area (TPSA) is 268 Å². The van der Waals surface area contributed by atoms with Gasteiger partial charge in [0.25, 0.3) is 0 Å². The van der Waals surface area contributed by atoms with Crippen molar-refractivity contribution in [3.63, 3.8) is 0 Å². The summed E-state index contributed by atoms with van der Waals surface area (Å²) in [5.74, 6) is 0. The summed E-state index contributed by atoms with van der Waals surface area (Å²) in [6, 6.07) is 0. The summed E-state index contributed by atoms with van der Waals surface area (Å²) in [7, 11) is -14.1. The van der Waals surface area contributed by atoms with Crippen molar-refractivity contribution in [3.05, 3.63) is 0 Å². The van der Waals surface area contributed by atoms with E-state index in [1.807, 2.05) is 0 Å². The molecule has 107 valence electrons. The third-order valence-corrected chi connectivity index (χ3v) is 0. The van der Waals surface area contributed by atoms with Crippen molar-refractivity contribution in [1.29, 1.82) is 0 Å². The predicted molar refractivity (Wildman–Crippen MR) is 6.66 cm³/mol. The maximum Gasteiger partial charge on any atom is 0.0777 e. The standard InChI is InChI=1S/3ClHO4.Ho/c3*2-1(3,4)5;/h3*(H,2,3,4,5);. The van der Waals surface area contributed by atoms with Crippen LogP contribution < -0.4 is 41.9 Å². The van der Waals surface area contributed by atoms with Crippen LogP contribution in [0, 0.1) is 68.5 Å². The van der Waals surface area contributed by atoms with E-state index in [2.05, 4.69) is 0 Å². The maximum absolute atomic E-state index is 8.60. The Hall–Kier alpha value is 1.65. The molecule has 0 heterocycles. The van der Waals surface area contributed by atoms with Crippen LogP contribution in [0.15, 0.2) is 0 Å². The summed E-state index contributed by atoms with van der Waals surface area (Å²) in [5, 5.41) is 0. The van der Waals surface area contributed by atoms with Gasteiger partial charge in [-0.05, 0) is 0 Å². The fourth-order valence-corrected chi connectivity index (χ4v) is 0. The van der Waals surface area contributed by atoms with E-state index in [0.717, 1.165) is 0 Å². The van der Waals surface area contributed by atoms with Crippen LogP contribution in [0.25, 0.3) is 0 Å². The number of halogens is 3. The average molecular weight is 466 g/mol. The predicted octanol–water partition coefficient (Wildman–Crippen LogP) is -12.4. The summed E-state index contributed by atoms with van der Waals surface area (Å²) in [4.78, 5) is 0. The molecule has 0 aromatic rings. The molecule has 0 amide bonds. The SMILES string of the molecule is [Ho].[O-][Cl+3]([O-])([O-])O.[O-][Cl+3]([O-])([O-])O.[O-][Cl+3]([O-])([O-])O. The van der Waals surface area contributed by atoms with Gasteiger partial charge in [0.05, 0.1) is 44.7 Å². The summed E-state index contributed by atoms with van der Waals surface area (Å²) >= 11 is 0. The van der Waals surface area contributed by atoms with Crippen molar-refractivity contribution in [2.24, 2.45) is 0 Å². The molecule has 0 spiro atoms. The van der Waals surface area contributed by atoms with E-state index in [9.17, 15) is 0 Å². The minimum Gasteiger partial charge on any atom is -0.183 e. The molecule has 3 N–H and O–H groups in total. The Labute approximate surface area is 123 Å². The van der Waals surface area contributed by atoms with Gasteiger partial charge in [-0.25, -0.2) is 0 Å². The van der Waals surface area contributed by atoms with Crippen molar-refractivity contribution in [3.8, 4) is 0 Å². The second-order valence-corrected chi connectivity index (χ2v) is 3.56. The minimum atomic E-state index is -4.69. The Morgan fingerprint density at radius 2 is 0.438 bits per heavy atom. The van der Waals surface area contributed by atoms with Crippen LogP contribution in [0.5, 0.6) is 0 Å². The Bertz CT molecular complexity index is 91.3. The Balaban J connectivity index is -0.0000000655. The first-order valence-electron chi connectivity index (χ1n) is 1.90. The van der Waals surface area contributed by atoms with Gasteiger partial charge in [-0.1, -0.05) is 0 Å². The van der Waals surface area contributed by atoms with Crippen molar-refractivity contribution in [2.45, 2.75) is 0 Å². The van der Waals surface area contributed by atoms with Gasteiger partial charge in [0.15, 0.2) is 0 Å². The molecule has 1 radical (unpaired) electrons. The third-order valence-electron chi connectivity index (χ3n) is 0. The van der Waals surface area contributed by atoms with Crippen molar-refractivity contribution < 1.29 is 124 Å².